The zero-order chi connectivity index (χ0) is 22.6. The van der Waals surface area contributed by atoms with E-state index >= 15 is 0 Å². The van der Waals surface area contributed by atoms with E-state index in [2.05, 4.69) is 19.1 Å². The van der Waals surface area contributed by atoms with Crippen LogP contribution in [0.1, 0.15) is 63.1 Å². The van der Waals surface area contributed by atoms with Crippen molar-refractivity contribution in [1.82, 2.24) is 5.06 Å². The number of hydrogen-bond donors (Lipinski definition) is 0. The lowest BCUT2D eigenvalue weighted by Gasteiger charge is -2.60. The van der Waals surface area contributed by atoms with E-state index in [1.54, 1.807) is 7.11 Å². The number of rotatable bonds is 1. The van der Waals surface area contributed by atoms with Gasteiger partial charge >= 0.3 is 5.97 Å². The van der Waals surface area contributed by atoms with Crippen molar-refractivity contribution in [2.45, 2.75) is 81.7 Å². The fraction of sp³-hybridized carbons (Fsp3) is 0.720. The largest absolute Gasteiger partial charge is 0.497 e. The SMILES string of the molecule is COc1ccc2c(c1)CCN1O[C@@]3(C[C@@H]21)C(=O)O[C@@H]1O[C@@]2(C)CC[C@H]4[C@H](C)CC[C@@H]3[C@@]14OO2. The van der Waals surface area contributed by atoms with Crippen LogP contribution in [0.15, 0.2) is 18.2 Å². The first-order valence-corrected chi connectivity index (χ1v) is 12.3. The summed E-state index contributed by atoms with van der Waals surface area (Å²) in [6.07, 6.45) is 4.05. The summed E-state index contributed by atoms with van der Waals surface area (Å²) in [5.74, 6) is 0.0165. The van der Waals surface area contributed by atoms with Crippen LogP contribution in [-0.4, -0.2) is 48.0 Å². The molecule has 6 heterocycles. The number of fused-ring (bicyclic) bond motifs is 6. The summed E-state index contributed by atoms with van der Waals surface area (Å²) in [5.41, 5.74) is 0.486. The second-order valence-electron chi connectivity index (χ2n) is 10.9. The van der Waals surface area contributed by atoms with Crippen molar-refractivity contribution in [3.8, 4) is 5.75 Å². The summed E-state index contributed by atoms with van der Waals surface area (Å²) in [6.45, 7) is 4.85. The molecule has 8 nitrogen and oxygen atoms in total. The lowest BCUT2D eigenvalue weighted by atomic mass is 9.56. The Morgan fingerprint density at radius 2 is 2.06 bits per heavy atom. The molecule has 6 aliphatic heterocycles. The van der Waals surface area contributed by atoms with E-state index in [4.69, 9.17) is 28.8 Å². The molecule has 6 fully saturated rings. The number of methoxy groups -OCH3 is 1. The number of carbonyl (C=O) groups is 1. The highest BCUT2D eigenvalue weighted by atomic mass is 17.3. The lowest BCUT2D eigenvalue weighted by molar-refractivity contribution is -0.564. The van der Waals surface area contributed by atoms with Crippen LogP contribution in [0.5, 0.6) is 5.75 Å². The van der Waals surface area contributed by atoms with E-state index in [0.717, 1.165) is 38.0 Å². The first kappa shape index (κ1) is 20.6. The van der Waals surface area contributed by atoms with Crippen molar-refractivity contribution in [1.29, 1.82) is 0 Å². The number of nitrogens with zero attached hydrogens (tertiary/aromatic N) is 1. The van der Waals surface area contributed by atoms with Gasteiger partial charge in [0.15, 0.2) is 11.2 Å². The van der Waals surface area contributed by atoms with Crippen LogP contribution in [0.25, 0.3) is 0 Å². The Morgan fingerprint density at radius 3 is 2.91 bits per heavy atom. The summed E-state index contributed by atoms with van der Waals surface area (Å²) in [4.78, 5) is 32.5. The highest BCUT2D eigenvalue weighted by Gasteiger charge is 2.77. The van der Waals surface area contributed by atoms with Crippen molar-refractivity contribution in [2.24, 2.45) is 17.8 Å². The van der Waals surface area contributed by atoms with Gasteiger partial charge in [0, 0.05) is 31.2 Å². The minimum Gasteiger partial charge on any atom is -0.497 e. The van der Waals surface area contributed by atoms with Crippen LogP contribution in [0.2, 0.25) is 0 Å². The maximum Gasteiger partial charge on any atom is 0.343 e. The quantitative estimate of drug-likeness (QED) is 0.469. The third-order valence-corrected chi connectivity index (χ3v) is 9.28. The van der Waals surface area contributed by atoms with E-state index in [-0.39, 0.29) is 23.8 Å². The van der Waals surface area contributed by atoms with Crippen LogP contribution in [0.3, 0.4) is 0 Å². The van der Waals surface area contributed by atoms with Gasteiger partial charge in [0.05, 0.1) is 13.2 Å². The zero-order valence-electron chi connectivity index (χ0n) is 19.4. The van der Waals surface area contributed by atoms with Crippen LogP contribution in [-0.2, 0) is 35.3 Å². The third-order valence-electron chi connectivity index (χ3n) is 9.28. The molecular weight excluding hydrogens is 426 g/mol. The van der Waals surface area contributed by atoms with Crippen molar-refractivity contribution < 1.29 is 33.6 Å². The molecule has 178 valence electrons. The molecule has 2 spiro atoms. The number of benzene rings is 1. The van der Waals surface area contributed by atoms with Gasteiger partial charge in [-0.2, -0.15) is 5.06 Å². The van der Waals surface area contributed by atoms with E-state index in [0.29, 0.717) is 18.8 Å². The summed E-state index contributed by atoms with van der Waals surface area (Å²) < 4.78 is 17.8. The standard InChI is InChI=1S/C25H31NO7/c1-14-4-7-20-24(13-19-17-6-5-16(28-3)12-15(17)9-11-26(19)31-24)21(27)29-22-25(20)18(14)8-10-23(2,30-22)32-33-25/h5-6,12,14,18-20,22H,4,7-11,13H2,1-3H3/t14-,18+,19+,20+,22-,23-,24-,25-/m1/s1. The average Bonchev–Trinajstić information content (AvgIpc) is 3.07. The Labute approximate surface area is 193 Å². The maximum atomic E-state index is 13.7. The predicted molar refractivity (Wildman–Crippen MR) is 113 cm³/mol. The number of ether oxygens (including phenoxy) is 3. The van der Waals surface area contributed by atoms with E-state index < -0.39 is 23.3 Å². The Morgan fingerprint density at radius 1 is 1.18 bits per heavy atom. The Bertz CT molecular complexity index is 1020. The fourth-order valence-corrected chi connectivity index (χ4v) is 7.61. The van der Waals surface area contributed by atoms with Gasteiger partial charge in [0.25, 0.3) is 0 Å². The molecular formula is C25H31NO7. The molecule has 7 aliphatic rings. The molecule has 2 bridgehead atoms. The molecule has 0 radical (unpaired) electrons. The number of esters is 1. The molecule has 1 saturated carbocycles. The maximum absolute atomic E-state index is 13.7. The Kier molecular flexibility index (Phi) is 4.19. The number of carbonyl (C=O) groups excluding carboxylic acids is 1. The number of hydrogen-bond acceptors (Lipinski definition) is 8. The third kappa shape index (κ3) is 2.56. The van der Waals surface area contributed by atoms with Gasteiger partial charge in [0.2, 0.25) is 12.1 Å². The molecule has 8 atom stereocenters. The fourth-order valence-electron chi connectivity index (χ4n) is 7.61. The first-order valence-electron chi connectivity index (χ1n) is 12.3. The van der Waals surface area contributed by atoms with Crippen LogP contribution in [0.4, 0.5) is 0 Å². The van der Waals surface area contributed by atoms with Crippen LogP contribution in [0, 0.1) is 17.8 Å². The van der Waals surface area contributed by atoms with Crippen molar-refractivity contribution in [2.75, 3.05) is 13.7 Å². The molecule has 1 aromatic carbocycles. The highest BCUT2D eigenvalue weighted by Crippen LogP contribution is 2.64. The molecule has 0 unspecified atom stereocenters. The van der Waals surface area contributed by atoms with Gasteiger partial charge in [-0.25, -0.2) is 14.6 Å². The van der Waals surface area contributed by atoms with Gasteiger partial charge in [-0.1, -0.05) is 13.0 Å². The molecule has 33 heavy (non-hydrogen) atoms. The molecule has 0 N–H and O–H groups in total. The topological polar surface area (TPSA) is 75.7 Å². The normalized spacial score (nSPS) is 48.0. The Hall–Kier alpha value is -1.71. The van der Waals surface area contributed by atoms with Gasteiger partial charge in [0.1, 0.15) is 5.75 Å². The van der Waals surface area contributed by atoms with Crippen molar-refractivity contribution in [3.05, 3.63) is 29.3 Å². The van der Waals surface area contributed by atoms with Gasteiger partial charge < -0.3 is 14.2 Å². The van der Waals surface area contributed by atoms with Gasteiger partial charge in [-0.15, -0.1) is 0 Å². The minimum atomic E-state index is -1.11. The smallest absolute Gasteiger partial charge is 0.343 e. The van der Waals surface area contributed by atoms with Crippen molar-refractivity contribution >= 4 is 5.97 Å². The molecule has 1 aliphatic carbocycles. The molecule has 5 saturated heterocycles. The number of hydroxylamine groups is 2. The monoisotopic (exact) mass is 457 g/mol. The van der Waals surface area contributed by atoms with Crippen LogP contribution < -0.4 is 4.74 Å². The Balaban J connectivity index is 1.31. The molecule has 0 aromatic heterocycles. The lowest BCUT2D eigenvalue weighted by Crippen LogP contribution is -2.75. The highest BCUT2D eigenvalue weighted by molar-refractivity contribution is 5.82. The molecule has 8 heteroatoms. The van der Waals surface area contributed by atoms with Crippen molar-refractivity contribution in [3.63, 3.8) is 0 Å². The summed E-state index contributed by atoms with van der Waals surface area (Å²) in [6, 6.07) is 6.17. The zero-order valence-corrected chi connectivity index (χ0v) is 19.4. The second-order valence-corrected chi connectivity index (χ2v) is 10.9. The average molecular weight is 458 g/mol. The van der Waals surface area contributed by atoms with Crippen LogP contribution >= 0.6 is 0 Å². The van der Waals surface area contributed by atoms with Gasteiger partial charge in [-0.05, 0) is 61.8 Å². The minimum absolute atomic E-state index is 0.0144. The summed E-state index contributed by atoms with van der Waals surface area (Å²) in [5, 5.41) is 1.99. The summed E-state index contributed by atoms with van der Waals surface area (Å²) in [7, 11) is 1.69. The van der Waals surface area contributed by atoms with E-state index in [1.807, 2.05) is 18.1 Å². The first-order chi connectivity index (χ1) is 15.9. The predicted octanol–water partition coefficient (Wildman–Crippen LogP) is 3.44. The second kappa shape index (κ2) is 6.70. The van der Waals surface area contributed by atoms with E-state index in [1.165, 1.54) is 11.1 Å². The van der Waals surface area contributed by atoms with Gasteiger partial charge in [-0.3, -0.25) is 4.84 Å². The van der Waals surface area contributed by atoms with E-state index in [9.17, 15) is 4.79 Å². The molecule has 0 amide bonds. The summed E-state index contributed by atoms with van der Waals surface area (Å²) >= 11 is 0. The molecule has 1 aromatic rings. The molecule has 8 rings (SSSR count).